The smallest absolute Gasteiger partial charge is 0.150 e. The molecule has 3 heterocycles. The second kappa shape index (κ2) is 4.98. The van der Waals surface area contributed by atoms with Crippen LogP contribution in [0.2, 0.25) is 0 Å². The van der Waals surface area contributed by atoms with Crippen LogP contribution < -0.4 is 5.32 Å². The third-order valence-corrected chi connectivity index (χ3v) is 5.48. The Kier molecular flexibility index (Phi) is 3.13. The molecule has 2 aliphatic rings. The van der Waals surface area contributed by atoms with Crippen molar-refractivity contribution in [3.63, 3.8) is 0 Å². The number of halogens is 1. The van der Waals surface area contributed by atoms with Crippen LogP contribution in [-0.4, -0.2) is 34.5 Å². The highest BCUT2D eigenvalue weighted by Crippen LogP contribution is 2.38. The molecule has 1 aromatic carbocycles. The zero-order valence-electron chi connectivity index (χ0n) is 11.1. The van der Waals surface area contributed by atoms with E-state index in [0.29, 0.717) is 17.5 Å². The van der Waals surface area contributed by atoms with Crippen molar-refractivity contribution in [1.82, 2.24) is 14.6 Å². The van der Waals surface area contributed by atoms with E-state index in [2.05, 4.69) is 14.6 Å². The first kappa shape index (κ1) is 12.6. The lowest BCUT2D eigenvalue weighted by atomic mass is 10.1. The Bertz CT molecular complexity index is 643. The highest BCUT2D eigenvalue weighted by atomic mass is 32.2. The van der Waals surface area contributed by atoms with Gasteiger partial charge in [0.25, 0.3) is 0 Å². The fourth-order valence-corrected chi connectivity index (χ4v) is 4.58. The number of rotatable bonds is 2. The average Bonchev–Trinajstić information content (AvgIpc) is 3.04. The summed E-state index contributed by atoms with van der Waals surface area (Å²) in [5.41, 5.74) is 0. The van der Waals surface area contributed by atoms with Crippen LogP contribution in [-0.2, 0) is 0 Å². The van der Waals surface area contributed by atoms with Crippen molar-refractivity contribution in [3.8, 4) is 0 Å². The molecular weight excluding hydrogens is 273 g/mol. The molecule has 5 heteroatoms. The van der Waals surface area contributed by atoms with E-state index in [1.807, 2.05) is 18.2 Å². The Morgan fingerprint density at radius 3 is 3.20 bits per heavy atom. The van der Waals surface area contributed by atoms with Crippen molar-refractivity contribution < 1.29 is 4.39 Å². The Morgan fingerprint density at radius 1 is 1.30 bits per heavy atom. The third-order valence-electron chi connectivity index (χ3n) is 4.26. The van der Waals surface area contributed by atoms with Crippen LogP contribution in [0, 0.1) is 5.82 Å². The molecule has 2 unspecified atom stereocenters. The minimum Gasteiger partial charge on any atom is -0.312 e. The molecule has 2 aromatic rings. The van der Waals surface area contributed by atoms with Crippen LogP contribution in [0.5, 0.6) is 0 Å². The van der Waals surface area contributed by atoms with Crippen molar-refractivity contribution >= 4 is 22.7 Å². The molecule has 0 aliphatic carbocycles. The number of nitrogens with zero attached hydrogens (tertiary/aromatic N) is 2. The summed E-state index contributed by atoms with van der Waals surface area (Å²) in [6.45, 7) is 2.16. The SMILES string of the molecule is Fc1cncc2cccc(SN3CCC4NCCC43)c12. The molecular formula is C15H16FN3S. The van der Waals surface area contributed by atoms with Gasteiger partial charge in [0.05, 0.1) is 6.20 Å². The van der Waals surface area contributed by atoms with Crippen LogP contribution in [0.3, 0.4) is 0 Å². The van der Waals surface area contributed by atoms with Gasteiger partial charge in [-0.3, -0.25) is 4.98 Å². The summed E-state index contributed by atoms with van der Waals surface area (Å²) in [7, 11) is 0. The Hall–Kier alpha value is -1.17. The van der Waals surface area contributed by atoms with Crippen LogP contribution in [0.4, 0.5) is 4.39 Å². The fraction of sp³-hybridized carbons (Fsp3) is 0.400. The number of benzene rings is 1. The molecule has 0 saturated carbocycles. The lowest BCUT2D eigenvalue weighted by Crippen LogP contribution is -2.30. The molecule has 0 radical (unpaired) electrons. The van der Waals surface area contributed by atoms with Gasteiger partial charge in [0.2, 0.25) is 0 Å². The van der Waals surface area contributed by atoms with Crippen LogP contribution >= 0.6 is 11.9 Å². The second-order valence-electron chi connectivity index (χ2n) is 5.41. The van der Waals surface area contributed by atoms with Crippen LogP contribution in [0.25, 0.3) is 10.8 Å². The van der Waals surface area contributed by atoms with Gasteiger partial charge in [0.1, 0.15) is 5.82 Å². The van der Waals surface area contributed by atoms with Crippen molar-refractivity contribution in [2.45, 2.75) is 29.8 Å². The molecule has 4 rings (SSSR count). The molecule has 0 bridgehead atoms. The number of aromatic nitrogens is 1. The van der Waals surface area contributed by atoms with E-state index in [1.165, 1.54) is 19.0 Å². The Morgan fingerprint density at radius 2 is 2.25 bits per heavy atom. The summed E-state index contributed by atoms with van der Waals surface area (Å²) in [6, 6.07) is 7.10. The standard InChI is InChI=1S/C15H16FN3S/c16-11-9-17-8-10-2-1-3-14(15(10)11)20-19-7-5-12-13(19)4-6-18-12/h1-3,8-9,12-13,18H,4-7H2. The average molecular weight is 289 g/mol. The normalized spacial score (nSPS) is 26.2. The van der Waals surface area contributed by atoms with Crippen LogP contribution in [0.1, 0.15) is 12.8 Å². The van der Waals surface area contributed by atoms with E-state index in [9.17, 15) is 4.39 Å². The largest absolute Gasteiger partial charge is 0.312 e. The van der Waals surface area contributed by atoms with E-state index >= 15 is 0 Å². The molecule has 104 valence electrons. The minimum absolute atomic E-state index is 0.231. The lowest BCUT2D eigenvalue weighted by Gasteiger charge is -2.22. The Labute approximate surface area is 121 Å². The number of hydrogen-bond acceptors (Lipinski definition) is 4. The van der Waals surface area contributed by atoms with E-state index in [1.54, 1.807) is 18.1 Å². The highest BCUT2D eigenvalue weighted by molar-refractivity contribution is 7.97. The fourth-order valence-electron chi connectivity index (χ4n) is 3.30. The number of pyridine rings is 1. The third kappa shape index (κ3) is 2.01. The van der Waals surface area contributed by atoms with E-state index in [0.717, 1.165) is 23.4 Å². The van der Waals surface area contributed by atoms with Gasteiger partial charge in [-0.05, 0) is 37.4 Å². The van der Waals surface area contributed by atoms with Crippen molar-refractivity contribution in [1.29, 1.82) is 0 Å². The van der Waals surface area contributed by atoms with E-state index in [-0.39, 0.29) is 5.82 Å². The predicted molar refractivity (Wildman–Crippen MR) is 79.1 cm³/mol. The molecule has 3 nitrogen and oxygen atoms in total. The van der Waals surface area contributed by atoms with Gasteiger partial charge in [0, 0.05) is 40.5 Å². The molecule has 2 saturated heterocycles. The van der Waals surface area contributed by atoms with Crippen molar-refractivity contribution in [3.05, 3.63) is 36.4 Å². The Balaban J connectivity index is 1.69. The number of nitrogens with one attached hydrogen (secondary N) is 1. The molecule has 2 aliphatic heterocycles. The lowest BCUT2D eigenvalue weighted by molar-refractivity contribution is 0.434. The van der Waals surface area contributed by atoms with E-state index < -0.39 is 0 Å². The number of fused-ring (bicyclic) bond motifs is 2. The first-order valence-electron chi connectivity index (χ1n) is 7.03. The number of hydrogen-bond donors (Lipinski definition) is 1. The van der Waals surface area contributed by atoms with Gasteiger partial charge in [0.15, 0.2) is 0 Å². The molecule has 20 heavy (non-hydrogen) atoms. The molecule has 2 atom stereocenters. The maximum absolute atomic E-state index is 14.1. The second-order valence-corrected chi connectivity index (χ2v) is 6.50. The van der Waals surface area contributed by atoms with Gasteiger partial charge in [-0.1, -0.05) is 12.1 Å². The summed E-state index contributed by atoms with van der Waals surface area (Å²) in [5, 5.41) is 5.11. The summed E-state index contributed by atoms with van der Waals surface area (Å²) >= 11 is 1.70. The summed E-state index contributed by atoms with van der Waals surface area (Å²) in [4.78, 5) is 4.93. The van der Waals surface area contributed by atoms with Gasteiger partial charge in [-0.15, -0.1) is 0 Å². The highest BCUT2D eigenvalue weighted by Gasteiger charge is 2.38. The monoisotopic (exact) mass is 289 g/mol. The first-order chi connectivity index (χ1) is 9.83. The molecule has 1 N–H and O–H groups in total. The van der Waals surface area contributed by atoms with Gasteiger partial charge in [-0.25, -0.2) is 8.70 Å². The molecule has 0 amide bonds. The first-order valence-corrected chi connectivity index (χ1v) is 7.80. The predicted octanol–water partition coefficient (Wildman–Crippen LogP) is 2.82. The molecule has 2 fully saturated rings. The zero-order chi connectivity index (χ0) is 13.5. The summed E-state index contributed by atoms with van der Waals surface area (Å²) in [6.07, 6.45) is 5.40. The molecule has 0 spiro atoms. The zero-order valence-corrected chi connectivity index (χ0v) is 11.9. The summed E-state index contributed by atoms with van der Waals surface area (Å²) < 4.78 is 16.5. The maximum atomic E-state index is 14.1. The van der Waals surface area contributed by atoms with Gasteiger partial charge in [-0.2, -0.15) is 0 Å². The minimum atomic E-state index is -0.231. The van der Waals surface area contributed by atoms with Gasteiger partial charge >= 0.3 is 0 Å². The van der Waals surface area contributed by atoms with Gasteiger partial charge < -0.3 is 5.32 Å². The maximum Gasteiger partial charge on any atom is 0.150 e. The van der Waals surface area contributed by atoms with E-state index in [4.69, 9.17) is 0 Å². The summed E-state index contributed by atoms with van der Waals surface area (Å²) in [5.74, 6) is -0.231. The van der Waals surface area contributed by atoms with Crippen molar-refractivity contribution in [2.24, 2.45) is 0 Å². The molecule has 1 aromatic heterocycles. The quantitative estimate of drug-likeness (QED) is 0.861. The van der Waals surface area contributed by atoms with Crippen LogP contribution in [0.15, 0.2) is 35.5 Å². The van der Waals surface area contributed by atoms with Crippen molar-refractivity contribution in [2.75, 3.05) is 13.1 Å². The topological polar surface area (TPSA) is 28.2 Å².